The molecule has 1 N–H and O–H groups in total. The Hall–Kier alpha value is -2.24. The lowest BCUT2D eigenvalue weighted by atomic mass is 10.3. The lowest BCUT2D eigenvalue weighted by Gasteiger charge is -2.05. The van der Waals surface area contributed by atoms with E-state index in [-0.39, 0.29) is 18.5 Å². The third-order valence-corrected chi connectivity index (χ3v) is 2.41. The van der Waals surface area contributed by atoms with Crippen LogP contribution in [-0.4, -0.2) is 25.6 Å². The van der Waals surface area contributed by atoms with E-state index in [4.69, 9.17) is 5.11 Å². The van der Waals surface area contributed by atoms with E-state index in [9.17, 15) is 9.59 Å². The van der Waals surface area contributed by atoms with E-state index in [0.717, 1.165) is 0 Å². The fraction of sp³-hybridized carbons (Fsp3) is 0.273. The van der Waals surface area contributed by atoms with E-state index in [2.05, 4.69) is 9.97 Å². The van der Waals surface area contributed by atoms with Gasteiger partial charge in [0.05, 0.1) is 17.3 Å². The molecule has 88 valence electrons. The van der Waals surface area contributed by atoms with E-state index >= 15 is 0 Å². The van der Waals surface area contributed by atoms with Crippen molar-refractivity contribution < 1.29 is 9.90 Å². The van der Waals surface area contributed by atoms with Gasteiger partial charge in [0.25, 0.3) is 5.56 Å². The molecule has 2 heterocycles. The van der Waals surface area contributed by atoms with E-state index in [0.29, 0.717) is 16.7 Å². The van der Waals surface area contributed by atoms with Crippen molar-refractivity contribution >= 4 is 16.9 Å². The maximum absolute atomic E-state index is 11.9. The second-order valence-corrected chi connectivity index (χ2v) is 3.67. The molecule has 0 aromatic carbocycles. The van der Waals surface area contributed by atoms with Crippen molar-refractivity contribution in [3.8, 4) is 0 Å². The summed E-state index contributed by atoms with van der Waals surface area (Å²) in [5.41, 5.74) is 0.317. The zero-order valence-electron chi connectivity index (χ0n) is 9.25. The average molecular weight is 233 g/mol. The minimum Gasteiger partial charge on any atom is -0.481 e. The van der Waals surface area contributed by atoms with E-state index in [1.54, 1.807) is 19.2 Å². The van der Waals surface area contributed by atoms with Crippen LogP contribution in [-0.2, 0) is 11.3 Å². The van der Waals surface area contributed by atoms with Crippen LogP contribution in [0.5, 0.6) is 0 Å². The highest BCUT2D eigenvalue weighted by molar-refractivity contribution is 5.76. The van der Waals surface area contributed by atoms with Gasteiger partial charge < -0.3 is 9.67 Å². The maximum Gasteiger partial charge on any atom is 0.305 e. The van der Waals surface area contributed by atoms with Gasteiger partial charge in [-0.25, -0.2) is 9.97 Å². The summed E-state index contributed by atoms with van der Waals surface area (Å²) in [6.45, 7) is 1.90. The summed E-state index contributed by atoms with van der Waals surface area (Å²) < 4.78 is 1.36. The maximum atomic E-state index is 11.9. The molecule has 0 aliphatic rings. The van der Waals surface area contributed by atoms with Gasteiger partial charge in [0.15, 0.2) is 0 Å². The largest absolute Gasteiger partial charge is 0.481 e. The number of carbonyl (C=O) groups is 1. The first kappa shape index (κ1) is 11.3. The molecule has 0 bridgehead atoms. The van der Waals surface area contributed by atoms with Crippen molar-refractivity contribution in [3.63, 3.8) is 0 Å². The third-order valence-electron chi connectivity index (χ3n) is 2.41. The van der Waals surface area contributed by atoms with Crippen LogP contribution in [0.2, 0.25) is 0 Å². The summed E-state index contributed by atoms with van der Waals surface area (Å²) in [5.74, 6) is -0.336. The number of aliphatic carboxylic acids is 1. The fourth-order valence-corrected chi connectivity index (χ4v) is 1.55. The molecule has 0 unspecified atom stereocenters. The Morgan fingerprint density at radius 2 is 2.29 bits per heavy atom. The number of fused-ring (bicyclic) bond motifs is 1. The van der Waals surface area contributed by atoms with Gasteiger partial charge in [-0.2, -0.15) is 0 Å². The van der Waals surface area contributed by atoms with Gasteiger partial charge in [0, 0.05) is 18.9 Å². The Morgan fingerprint density at radius 3 is 3.00 bits per heavy atom. The number of carboxylic acid groups (broad SMARTS) is 1. The summed E-state index contributed by atoms with van der Waals surface area (Å²) in [4.78, 5) is 30.5. The highest BCUT2D eigenvalue weighted by atomic mass is 16.4. The molecule has 0 amide bonds. The van der Waals surface area contributed by atoms with Crippen molar-refractivity contribution in [2.24, 2.45) is 0 Å². The van der Waals surface area contributed by atoms with E-state index < -0.39 is 5.97 Å². The third kappa shape index (κ3) is 2.30. The summed E-state index contributed by atoms with van der Waals surface area (Å²) in [6.07, 6.45) is 2.94. The molecule has 6 heteroatoms. The van der Waals surface area contributed by atoms with Crippen LogP contribution in [0.1, 0.15) is 12.2 Å². The molecule has 0 spiro atoms. The molecule has 2 aromatic rings. The Bertz CT molecular complexity index is 633. The summed E-state index contributed by atoms with van der Waals surface area (Å²) in [6, 6.07) is 1.69. The van der Waals surface area contributed by atoms with Crippen molar-refractivity contribution in [2.45, 2.75) is 19.9 Å². The Morgan fingerprint density at radius 1 is 1.53 bits per heavy atom. The predicted octanol–water partition coefficient (Wildman–Crippen LogP) is 0.575. The van der Waals surface area contributed by atoms with Crippen LogP contribution < -0.4 is 5.56 Å². The topological polar surface area (TPSA) is 85.1 Å². The zero-order valence-corrected chi connectivity index (χ0v) is 9.25. The zero-order chi connectivity index (χ0) is 12.4. The molecular weight excluding hydrogens is 222 g/mol. The first-order valence-electron chi connectivity index (χ1n) is 5.12. The SMILES string of the molecule is Cc1ncc2c(=O)n(CCC(=O)O)ccc2n1. The predicted molar refractivity (Wildman–Crippen MR) is 60.8 cm³/mol. The van der Waals surface area contributed by atoms with Gasteiger partial charge in [-0.1, -0.05) is 0 Å². The second-order valence-electron chi connectivity index (χ2n) is 3.67. The standard InChI is InChI=1S/C11H11N3O3/c1-7-12-6-8-9(13-7)2-4-14(11(8)17)5-3-10(15)16/h2,4,6H,3,5H2,1H3,(H,15,16). The molecule has 17 heavy (non-hydrogen) atoms. The van der Waals surface area contributed by atoms with Gasteiger partial charge in [0.1, 0.15) is 5.82 Å². The van der Waals surface area contributed by atoms with E-state index in [1.807, 2.05) is 0 Å². The lowest BCUT2D eigenvalue weighted by molar-refractivity contribution is -0.137. The number of pyridine rings is 1. The van der Waals surface area contributed by atoms with Crippen molar-refractivity contribution in [2.75, 3.05) is 0 Å². The Balaban J connectivity index is 2.47. The minimum absolute atomic E-state index is 0.0852. The van der Waals surface area contributed by atoms with Crippen LogP contribution in [0.15, 0.2) is 23.3 Å². The first-order chi connectivity index (χ1) is 8.08. The summed E-state index contributed by atoms with van der Waals surface area (Å²) in [5, 5.41) is 8.98. The Kier molecular flexibility index (Phi) is 2.86. The fourth-order valence-electron chi connectivity index (χ4n) is 1.55. The van der Waals surface area contributed by atoms with Gasteiger partial charge in [-0.15, -0.1) is 0 Å². The van der Waals surface area contributed by atoms with Crippen LogP contribution in [0.4, 0.5) is 0 Å². The van der Waals surface area contributed by atoms with Gasteiger partial charge in [0.2, 0.25) is 0 Å². The molecule has 0 fully saturated rings. The molecule has 0 atom stereocenters. The molecule has 0 saturated carbocycles. The summed E-state index contributed by atoms with van der Waals surface area (Å²) >= 11 is 0. The van der Waals surface area contributed by atoms with Gasteiger partial charge in [-0.3, -0.25) is 9.59 Å². The van der Waals surface area contributed by atoms with Crippen LogP contribution in [0.25, 0.3) is 10.9 Å². The van der Waals surface area contributed by atoms with Crippen molar-refractivity contribution in [3.05, 3.63) is 34.6 Å². The molecule has 0 aliphatic carbocycles. The lowest BCUT2D eigenvalue weighted by Crippen LogP contribution is -2.21. The van der Waals surface area contributed by atoms with E-state index in [1.165, 1.54) is 10.8 Å². The number of aryl methyl sites for hydroxylation is 2. The van der Waals surface area contributed by atoms with Gasteiger partial charge >= 0.3 is 5.97 Å². The van der Waals surface area contributed by atoms with Crippen LogP contribution in [0.3, 0.4) is 0 Å². The molecule has 0 saturated heterocycles. The highest BCUT2D eigenvalue weighted by Crippen LogP contribution is 2.05. The smallest absolute Gasteiger partial charge is 0.305 e. The number of aromatic nitrogens is 3. The Labute approximate surface area is 96.6 Å². The normalized spacial score (nSPS) is 10.6. The van der Waals surface area contributed by atoms with Crippen LogP contribution in [0, 0.1) is 6.92 Å². The number of hydrogen-bond donors (Lipinski definition) is 1. The van der Waals surface area contributed by atoms with Crippen molar-refractivity contribution in [1.29, 1.82) is 0 Å². The van der Waals surface area contributed by atoms with Gasteiger partial charge in [-0.05, 0) is 13.0 Å². The summed E-state index contributed by atoms with van der Waals surface area (Å²) in [7, 11) is 0. The molecule has 2 aromatic heterocycles. The average Bonchev–Trinajstić information content (AvgIpc) is 2.27. The molecule has 6 nitrogen and oxygen atoms in total. The second kappa shape index (κ2) is 4.32. The molecule has 2 rings (SSSR count). The van der Waals surface area contributed by atoms with Crippen molar-refractivity contribution in [1.82, 2.24) is 14.5 Å². The monoisotopic (exact) mass is 233 g/mol. The number of nitrogens with zero attached hydrogens (tertiary/aromatic N) is 3. The quantitative estimate of drug-likeness (QED) is 0.837. The minimum atomic E-state index is -0.933. The number of carboxylic acids is 1. The van der Waals surface area contributed by atoms with Crippen LogP contribution >= 0.6 is 0 Å². The number of rotatable bonds is 3. The first-order valence-corrected chi connectivity index (χ1v) is 5.12. The molecular formula is C11H11N3O3. The highest BCUT2D eigenvalue weighted by Gasteiger charge is 2.05. The number of hydrogen-bond acceptors (Lipinski definition) is 4. The molecule has 0 radical (unpaired) electrons. The molecule has 0 aliphatic heterocycles.